The third-order valence-corrected chi connectivity index (χ3v) is 2.01. The first-order valence-corrected chi connectivity index (χ1v) is 5.47. The van der Waals surface area contributed by atoms with E-state index in [0.29, 0.717) is 6.61 Å². The molecule has 13 heavy (non-hydrogen) atoms. The van der Waals surface area contributed by atoms with Gasteiger partial charge in [0.15, 0.2) is 0 Å². The van der Waals surface area contributed by atoms with Crippen molar-refractivity contribution in [3.8, 4) is 0 Å². The second-order valence-electron chi connectivity index (χ2n) is 3.20. The summed E-state index contributed by atoms with van der Waals surface area (Å²) in [5.41, 5.74) is 0. The van der Waals surface area contributed by atoms with Crippen LogP contribution in [0, 0.1) is 0 Å². The minimum absolute atomic E-state index is 0.370. The Morgan fingerprint density at radius 2 is 1.08 bits per heavy atom. The van der Waals surface area contributed by atoms with Crippen LogP contribution in [-0.4, -0.2) is 23.9 Å². The summed E-state index contributed by atoms with van der Waals surface area (Å²) in [5, 5.41) is 15.5. The molecule has 0 spiro atoms. The Hall–Kier alpha value is -0.0800. The summed E-state index contributed by atoms with van der Waals surface area (Å²) in [4.78, 5) is 0. The summed E-state index contributed by atoms with van der Waals surface area (Å²) in [5.74, 6) is 0. The molecule has 0 radical (unpaired) electrons. The van der Waals surface area contributed by atoms with Crippen molar-refractivity contribution < 1.29 is 10.2 Å². The van der Waals surface area contributed by atoms with Gasteiger partial charge in [-0.1, -0.05) is 51.9 Å². The van der Waals surface area contributed by atoms with Crippen LogP contribution in [0.1, 0.15) is 58.3 Å². The predicted molar refractivity (Wildman–Crippen MR) is 57.8 cm³/mol. The van der Waals surface area contributed by atoms with Gasteiger partial charge in [0.1, 0.15) is 0 Å². The summed E-state index contributed by atoms with van der Waals surface area (Å²) in [6.07, 6.45) is 10.4. The van der Waals surface area contributed by atoms with Gasteiger partial charge in [-0.15, -0.1) is 0 Å². The van der Waals surface area contributed by atoms with Crippen LogP contribution in [0.2, 0.25) is 0 Å². The standard InChI is InChI=1S/C10H22O.CH4O/c1-2-3-4-5-6-7-8-9-10-11;1-2/h11H,2-10H2,1H3;2H,1H3. The van der Waals surface area contributed by atoms with Crippen molar-refractivity contribution in [1.82, 2.24) is 0 Å². The lowest BCUT2D eigenvalue weighted by molar-refractivity contribution is 0.282. The second kappa shape index (κ2) is 17.9. The van der Waals surface area contributed by atoms with E-state index in [1.165, 1.54) is 44.9 Å². The molecule has 0 aliphatic heterocycles. The highest BCUT2D eigenvalue weighted by Crippen LogP contribution is 2.07. The maximum absolute atomic E-state index is 8.51. The van der Waals surface area contributed by atoms with E-state index >= 15 is 0 Å². The SMILES string of the molecule is CCCCCCCCCCO.CO. The number of aliphatic hydroxyl groups excluding tert-OH is 2. The van der Waals surface area contributed by atoms with Crippen LogP contribution < -0.4 is 0 Å². The molecule has 2 nitrogen and oxygen atoms in total. The lowest BCUT2D eigenvalue weighted by atomic mass is 10.1. The molecule has 0 saturated carbocycles. The van der Waals surface area contributed by atoms with Crippen LogP contribution in [-0.2, 0) is 0 Å². The number of aliphatic hydroxyl groups is 2. The van der Waals surface area contributed by atoms with Crippen LogP contribution in [0.4, 0.5) is 0 Å². The quantitative estimate of drug-likeness (QED) is 0.578. The van der Waals surface area contributed by atoms with Gasteiger partial charge in [0.05, 0.1) is 0 Å². The van der Waals surface area contributed by atoms with Gasteiger partial charge in [-0.05, 0) is 6.42 Å². The molecule has 0 aliphatic carbocycles. The Morgan fingerprint density at radius 1 is 0.692 bits per heavy atom. The zero-order chi connectivity index (χ0) is 10.4. The molecule has 0 aliphatic rings. The van der Waals surface area contributed by atoms with Gasteiger partial charge in [0.25, 0.3) is 0 Å². The summed E-state index contributed by atoms with van der Waals surface area (Å²) >= 11 is 0. The number of hydrogen-bond donors (Lipinski definition) is 2. The van der Waals surface area contributed by atoms with Crippen molar-refractivity contribution in [2.75, 3.05) is 13.7 Å². The van der Waals surface area contributed by atoms with E-state index in [4.69, 9.17) is 10.2 Å². The smallest absolute Gasteiger partial charge is 0.0431 e. The van der Waals surface area contributed by atoms with Crippen molar-refractivity contribution in [3.63, 3.8) is 0 Å². The van der Waals surface area contributed by atoms with Gasteiger partial charge in [0, 0.05) is 13.7 Å². The molecule has 2 heteroatoms. The van der Waals surface area contributed by atoms with E-state index in [2.05, 4.69) is 6.92 Å². The second-order valence-corrected chi connectivity index (χ2v) is 3.20. The maximum Gasteiger partial charge on any atom is 0.0431 e. The average Bonchev–Trinajstić information content (AvgIpc) is 2.20. The fourth-order valence-corrected chi connectivity index (χ4v) is 1.25. The summed E-state index contributed by atoms with van der Waals surface area (Å²) < 4.78 is 0. The van der Waals surface area contributed by atoms with E-state index < -0.39 is 0 Å². The zero-order valence-electron chi connectivity index (χ0n) is 9.26. The number of rotatable bonds is 8. The Kier molecular flexibility index (Phi) is 21.2. The molecular formula is C11H26O2. The van der Waals surface area contributed by atoms with E-state index in [0.717, 1.165) is 13.5 Å². The Labute approximate surface area is 83.0 Å². The third-order valence-electron chi connectivity index (χ3n) is 2.01. The molecule has 0 amide bonds. The van der Waals surface area contributed by atoms with Gasteiger partial charge in [-0.3, -0.25) is 0 Å². The van der Waals surface area contributed by atoms with Gasteiger partial charge in [-0.2, -0.15) is 0 Å². The maximum atomic E-state index is 8.51. The minimum atomic E-state index is 0.370. The molecule has 0 saturated heterocycles. The fraction of sp³-hybridized carbons (Fsp3) is 1.00. The summed E-state index contributed by atoms with van der Waals surface area (Å²) in [6.45, 7) is 2.61. The topological polar surface area (TPSA) is 40.5 Å². The molecule has 2 N–H and O–H groups in total. The largest absolute Gasteiger partial charge is 0.400 e. The first-order chi connectivity index (χ1) is 6.41. The fourth-order valence-electron chi connectivity index (χ4n) is 1.25. The average molecular weight is 190 g/mol. The summed E-state index contributed by atoms with van der Waals surface area (Å²) in [6, 6.07) is 0. The van der Waals surface area contributed by atoms with Crippen molar-refractivity contribution in [3.05, 3.63) is 0 Å². The first kappa shape index (κ1) is 15.4. The Bertz CT molecular complexity index is 57.1. The monoisotopic (exact) mass is 190 g/mol. The van der Waals surface area contributed by atoms with Crippen LogP contribution in [0.25, 0.3) is 0 Å². The molecule has 82 valence electrons. The van der Waals surface area contributed by atoms with Crippen molar-refractivity contribution in [2.24, 2.45) is 0 Å². The molecule has 0 aromatic heterocycles. The first-order valence-electron chi connectivity index (χ1n) is 5.47. The van der Waals surface area contributed by atoms with Crippen molar-refractivity contribution in [2.45, 2.75) is 58.3 Å². The zero-order valence-corrected chi connectivity index (χ0v) is 9.26. The van der Waals surface area contributed by atoms with E-state index in [-0.39, 0.29) is 0 Å². The Morgan fingerprint density at radius 3 is 1.46 bits per heavy atom. The van der Waals surface area contributed by atoms with E-state index in [1.54, 1.807) is 0 Å². The van der Waals surface area contributed by atoms with E-state index in [9.17, 15) is 0 Å². The highest BCUT2D eigenvalue weighted by molar-refractivity contribution is 4.44. The van der Waals surface area contributed by atoms with Crippen LogP contribution in [0.3, 0.4) is 0 Å². The minimum Gasteiger partial charge on any atom is -0.400 e. The molecule has 0 bridgehead atoms. The van der Waals surface area contributed by atoms with Gasteiger partial charge in [0.2, 0.25) is 0 Å². The van der Waals surface area contributed by atoms with Crippen molar-refractivity contribution in [1.29, 1.82) is 0 Å². The van der Waals surface area contributed by atoms with E-state index in [1.807, 2.05) is 0 Å². The highest BCUT2D eigenvalue weighted by Gasteiger charge is 1.89. The molecule has 0 rings (SSSR count). The lowest BCUT2D eigenvalue weighted by Crippen LogP contribution is -1.83. The van der Waals surface area contributed by atoms with Crippen LogP contribution in [0.5, 0.6) is 0 Å². The van der Waals surface area contributed by atoms with Gasteiger partial charge < -0.3 is 10.2 Å². The van der Waals surface area contributed by atoms with Gasteiger partial charge >= 0.3 is 0 Å². The summed E-state index contributed by atoms with van der Waals surface area (Å²) in [7, 11) is 1.00. The molecule has 0 fully saturated rings. The number of hydrogen-bond acceptors (Lipinski definition) is 2. The molecule has 0 unspecified atom stereocenters. The van der Waals surface area contributed by atoms with Crippen molar-refractivity contribution >= 4 is 0 Å². The molecule has 0 aromatic carbocycles. The number of unbranched alkanes of at least 4 members (excludes halogenated alkanes) is 7. The molecule has 0 aromatic rings. The van der Waals surface area contributed by atoms with Gasteiger partial charge in [-0.25, -0.2) is 0 Å². The predicted octanol–water partition coefficient (Wildman–Crippen LogP) is 2.73. The third kappa shape index (κ3) is 18.7. The lowest BCUT2D eigenvalue weighted by Gasteiger charge is -1.98. The molecule has 0 atom stereocenters. The molecular weight excluding hydrogens is 164 g/mol. The highest BCUT2D eigenvalue weighted by atomic mass is 16.3. The molecule has 0 heterocycles. The Balaban J connectivity index is 0. The van der Waals surface area contributed by atoms with Crippen LogP contribution in [0.15, 0.2) is 0 Å². The van der Waals surface area contributed by atoms with Crippen LogP contribution >= 0.6 is 0 Å². The normalized spacial score (nSPS) is 9.23.